The van der Waals surface area contributed by atoms with Gasteiger partial charge in [-0.2, -0.15) is 0 Å². The predicted molar refractivity (Wildman–Crippen MR) is 69.6 cm³/mol. The van der Waals surface area contributed by atoms with Gasteiger partial charge in [-0.15, -0.1) is 10.2 Å². The molecule has 2 N–H and O–H groups in total. The van der Waals surface area contributed by atoms with Gasteiger partial charge in [0.25, 0.3) is 0 Å². The summed E-state index contributed by atoms with van der Waals surface area (Å²) in [6.45, 7) is 5.17. The molecule has 1 saturated heterocycles. The van der Waals surface area contributed by atoms with E-state index in [9.17, 15) is 0 Å². The second-order valence-electron chi connectivity index (χ2n) is 4.79. The first-order chi connectivity index (χ1) is 8.84. The van der Waals surface area contributed by atoms with Gasteiger partial charge in [0.2, 0.25) is 5.65 Å². The third-order valence-corrected chi connectivity index (χ3v) is 3.50. The molecule has 0 amide bonds. The lowest BCUT2D eigenvalue weighted by molar-refractivity contribution is 0.549. The smallest absolute Gasteiger partial charge is 0.203 e. The van der Waals surface area contributed by atoms with Gasteiger partial charge >= 0.3 is 0 Å². The van der Waals surface area contributed by atoms with Crippen LogP contribution in [0.25, 0.3) is 5.65 Å². The van der Waals surface area contributed by atoms with E-state index in [-0.39, 0.29) is 0 Å². The highest BCUT2D eigenvalue weighted by Gasteiger charge is 2.14. The summed E-state index contributed by atoms with van der Waals surface area (Å²) in [5.74, 6) is 2.50. The molecule has 0 saturated carbocycles. The molecular formula is C12H18N6. The molecule has 1 aliphatic rings. The minimum absolute atomic E-state index is 0.789. The molecule has 0 aromatic carbocycles. The third-order valence-electron chi connectivity index (χ3n) is 3.50. The first-order valence-electron chi connectivity index (χ1n) is 6.45. The third kappa shape index (κ3) is 2.15. The number of rotatable bonds is 4. The molecule has 6 nitrogen and oxygen atoms in total. The fourth-order valence-electron chi connectivity index (χ4n) is 2.42. The minimum atomic E-state index is 0.789. The van der Waals surface area contributed by atoms with Crippen molar-refractivity contribution >= 4 is 11.5 Å². The van der Waals surface area contributed by atoms with Crippen LogP contribution in [0.5, 0.6) is 0 Å². The molecule has 3 heterocycles. The standard InChI is InChI=1S/C12H18N6/c1-9-16-17-12-11(15-6-7-18(9)12)14-5-3-10-2-4-13-8-10/h6-7,10,13H,2-5,8H2,1H3,(H,14,15). The molecule has 1 unspecified atom stereocenters. The van der Waals surface area contributed by atoms with Crippen LogP contribution in [0, 0.1) is 12.8 Å². The van der Waals surface area contributed by atoms with E-state index in [1.165, 1.54) is 12.8 Å². The highest BCUT2D eigenvalue weighted by Crippen LogP contribution is 2.15. The molecule has 0 bridgehead atoms. The fourth-order valence-corrected chi connectivity index (χ4v) is 2.42. The fraction of sp³-hybridized carbons (Fsp3) is 0.583. The van der Waals surface area contributed by atoms with Gasteiger partial charge in [0.05, 0.1) is 0 Å². The summed E-state index contributed by atoms with van der Waals surface area (Å²) in [7, 11) is 0. The molecular weight excluding hydrogens is 228 g/mol. The largest absolute Gasteiger partial charge is 0.367 e. The highest BCUT2D eigenvalue weighted by molar-refractivity contribution is 5.61. The Kier molecular flexibility index (Phi) is 3.10. The minimum Gasteiger partial charge on any atom is -0.367 e. The Bertz CT molecular complexity index is 528. The van der Waals surface area contributed by atoms with Gasteiger partial charge < -0.3 is 10.6 Å². The lowest BCUT2D eigenvalue weighted by Gasteiger charge is -2.10. The summed E-state index contributed by atoms with van der Waals surface area (Å²) in [5, 5.41) is 15.0. The normalized spacial score (nSPS) is 19.5. The molecule has 18 heavy (non-hydrogen) atoms. The van der Waals surface area contributed by atoms with E-state index in [4.69, 9.17) is 0 Å². The molecule has 3 rings (SSSR count). The molecule has 2 aromatic rings. The summed E-state index contributed by atoms with van der Waals surface area (Å²) >= 11 is 0. The molecule has 6 heteroatoms. The Hall–Kier alpha value is -1.69. The Morgan fingerprint density at radius 1 is 1.50 bits per heavy atom. The second-order valence-corrected chi connectivity index (χ2v) is 4.79. The number of hydrogen-bond acceptors (Lipinski definition) is 5. The van der Waals surface area contributed by atoms with Gasteiger partial charge in [-0.05, 0) is 38.8 Å². The van der Waals surface area contributed by atoms with E-state index >= 15 is 0 Å². The zero-order valence-corrected chi connectivity index (χ0v) is 10.6. The second kappa shape index (κ2) is 4.89. The Morgan fingerprint density at radius 2 is 2.44 bits per heavy atom. The van der Waals surface area contributed by atoms with E-state index in [0.717, 1.165) is 42.8 Å². The summed E-state index contributed by atoms with van der Waals surface area (Å²) in [5.41, 5.74) is 0.805. The average Bonchev–Trinajstić information content (AvgIpc) is 3.01. The maximum atomic E-state index is 4.33. The summed E-state index contributed by atoms with van der Waals surface area (Å²) in [6, 6.07) is 0. The molecule has 2 aromatic heterocycles. The Balaban J connectivity index is 1.66. The van der Waals surface area contributed by atoms with Gasteiger partial charge in [-0.3, -0.25) is 4.40 Å². The predicted octanol–water partition coefficient (Wildman–Crippen LogP) is 0.844. The van der Waals surface area contributed by atoms with Crippen molar-refractivity contribution < 1.29 is 0 Å². The number of anilines is 1. The molecule has 0 spiro atoms. The van der Waals surface area contributed by atoms with Gasteiger partial charge in [0.1, 0.15) is 5.82 Å². The molecule has 1 atom stereocenters. The number of hydrogen-bond donors (Lipinski definition) is 2. The van der Waals surface area contributed by atoms with Gasteiger partial charge in [-0.1, -0.05) is 0 Å². The SMILES string of the molecule is Cc1nnc2c(NCCC3CCNC3)nccn12. The van der Waals surface area contributed by atoms with E-state index in [1.54, 1.807) is 6.20 Å². The zero-order valence-electron chi connectivity index (χ0n) is 10.6. The highest BCUT2D eigenvalue weighted by atomic mass is 15.3. The van der Waals surface area contributed by atoms with Crippen LogP contribution in [0.1, 0.15) is 18.7 Å². The van der Waals surface area contributed by atoms with Gasteiger partial charge in [0, 0.05) is 18.9 Å². The first kappa shape index (κ1) is 11.4. The number of nitrogens with zero attached hydrogens (tertiary/aromatic N) is 4. The summed E-state index contributed by atoms with van der Waals surface area (Å²) in [4.78, 5) is 4.33. The van der Waals surface area contributed by atoms with Gasteiger partial charge in [0.15, 0.2) is 5.82 Å². The van der Waals surface area contributed by atoms with Crippen LogP contribution in [0.3, 0.4) is 0 Å². The van der Waals surface area contributed by atoms with Crippen molar-refractivity contribution in [3.8, 4) is 0 Å². The van der Waals surface area contributed by atoms with Crippen molar-refractivity contribution in [3.05, 3.63) is 18.2 Å². The van der Waals surface area contributed by atoms with Crippen LogP contribution in [0.15, 0.2) is 12.4 Å². The maximum absolute atomic E-state index is 4.33. The van der Waals surface area contributed by atoms with Crippen molar-refractivity contribution in [1.29, 1.82) is 0 Å². The first-order valence-corrected chi connectivity index (χ1v) is 6.45. The molecule has 1 aliphatic heterocycles. The van der Waals surface area contributed by atoms with E-state index in [0.29, 0.717) is 0 Å². The van der Waals surface area contributed by atoms with Crippen molar-refractivity contribution in [2.24, 2.45) is 5.92 Å². The zero-order chi connectivity index (χ0) is 12.4. The summed E-state index contributed by atoms with van der Waals surface area (Å²) in [6.07, 6.45) is 6.12. The number of fused-ring (bicyclic) bond motifs is 1. The van der Waals surface area contributed by atoms with E-state index < -0.39 is 0 Å². The molecule has 96 valence electrons. The number of nitrogens with one attached hydrogen (secondary N) is 2. The van der Waals surface area contributed by atoms with Crippen LogP contribution < -0.4 is 10.6 Å². The van der Waals surface area contributed by atoms with E-state index in [2.05, 4.69) is 25.8 Å². The van der Waals surface area contributed by atoms with Crippen LogP contribution in [-0.4, -0.2) is 39.2 Å². The Labute approximate surface area is 106 Å². The number of aryl methyl sites for hydroxylation is 1. The van der Waals surface area contributed by atoms with Crippen molar-refractivity contribution in [3.63, 3.8) is 0 Å². The lowest BCUT2D eigenvalue weighted by atomic mass is 10.1. The van der Waals surface area contributed by atoms with Crippen molar-refractivity contribution in [1.82, 2.24) is 24.9 Å². The van der Waals surface area contributed by atoms with E-state index in [1.807, 2.05) is 17.5 Å². The lowest BCUT2D eigenvalue weighted by Crippen LogP contribution is -2.13. The van der Waals surface area contributed by atoms with Crippen molar-refractivity contribution in [2.75, 3.05) is 25.0 Å². The molecule has 0 aliphatic carbocycles. The van der Waals surface area contributed by atoms with Crippen LogP contribution >= 0.6 is 0 Å². The number of aromatic nitrogens is 4. The molecule has 0 radical (unpaired) electrons. The van der Waals surface area contributed by atoms with Crippen molar-refractivity contribution in [2.45, 2.75) is 19.8 Å². The van der Waals surface area contributed by atoms with Crippen LogP contribution in [0.2, 0.25) is 0 Å². The van der Waals surface area contributed by atoms with Gasteiger partial charge in [-0.25, -0.2) is 4.98 Å². The van der Waals surface area contributed by atoms with Crippen LogP contribution in [-0.2, 0) is 0 Å². The monoisotopic (exact) mass is 246 g/mol. The van der Waals surface area contributed by atoms with Crippen LogP contribution in [0.4, 0.5) is 5.82 Å². The Morgan fingerprint density at radius 3 is 3.28 bits per heavy atom. The maximum Gasteiger partial charge on any atom is 0.203 e. The topological polar surface area (TPSA) is 67.1 Å². The average molecular weight is 246 g/mol. The summed E-state index contributed by atoms with van der Waals surface area (Å²) < 4.78 is 1.95. The molecule has 1 fully saturated rings. The quantitative estimate of drug-likeness (QED) is 0.837.